The van der Waals surface area contributed by atoms with E-state index in [4.69, 9.17) is 4.74 Å². The Bertz CT molecular complexity index is 957. The van der Waals surface area contributed by atoms with Crippen LogP contribution in [-0.2, 0) is 16.6 Å². The Morgan fingerprint density at radius 3 is 2.36 bits per heavy atom. The second kappa shape index (κ2) is 8.61. The number of aromatic nitrogens is 1. The lowest BCUT2D eigenvalue weighted by Crippen LogP contribution is -2.32. The number of hydrogen-bond donors (Lipinski definition) is 1. The Hall–Kier alpha value is -2.60. The lowest BCUT2D eigenvalue weighted by atomic mass is 10.0. The molecular formula is C22H23BrN2O3. The number of hydrogen-bond acceptors (Lipinski definition) is 3. The van der Waals surface area contributed by atoms with Crippen molar-refractivity contribution in [1.29, 1.82) is 0 Å². The van der Waals surface area contributed by atoms with Gasteiger partial charge in [0.1, 0.15) is 5.69 Å². The van der Waals surface area contributed by atoms with Crippen molar-refractivity contribution < 1.29 is 14.3 Å². The summed E-state index contributed by atoms with van der Waals surface area (Å²) in [6.07, 6.45) is -0.137. The van der Waals surface area contributed by atoms with E-state index in [0.717, 1.165) is 20.9 Å². The molecule has 5 nitrogen and oxygen atoms in total. The molecule has 146 valence electrons. The van der Waals surface area contributed by atoms with Crippen molar-refractivity contribution in [3.05, 3.63) is 70.3 Å². The molecule has 0 aliphatic rings. The average Bonchev–Trinajstić information content (AvgIpc) is 2.92. The van der Waals surface area contributed by atoms with E-state index in [2.05, 4.69) is 21.2 Å². The summed E-state index contributed by atoms with van der Waals surface area (Å²) >= 11 is 3.56. The molecular weight excluding hydrogens is 420 g/mol. The molecule has 0 aliphatic heterocycles. The first kappa shape index (κ1) is 20.1. The first-order chi connectivity index (χ1) is 13.4. The van der Waals surface area contributed by atoms with E-state index in [1.54, 1.807) is 13.8 Å². The van der Waals surface area contributed by atoms with Crippen molar-refractivity contribution in [2.24, 2.45) is 7.05 Å². The second-order valence-electron chi connectivity index (χ2n) is 6.92. The maximum atomic E-state index is 13.1. The first-order valence-electron chi connectivity index (χ1n) is 9.16. The van der Waals surface area contributed by atoms with Gasteiger partial charge in [-0.2, -0.15) is 0 Å². The molecule has 0 radical (unpaired) electrons. The number of nitrogens with one attached hydrogen (secondary N) is 1. The van der Waals surface area contributed by atoms with Crippen LogP contribution in [0.1, 0.15) is 42.4 Å². The molecule has 28 heavy (non-hydrogen) atoms. The van der Waals surface area contributed by atoms with Crippen LogP contribution in [0.25, 0.3) is 10.9 Å². The number of benzene rings is 2. The molecule has 0 saturated heterocycles. The normalized spacial score (nSPS) is 12.2. The number of ether oxygens (including phenoxy) is 1. The molecule has 0 spiro atoms. The number of para-hydroxylation sites is 1. The van der Waals surface area contributed by atoms with Gasteiger partial charge in [-0.3, -0.25) is 9.59 Å². The second-order valence-corrected chi connectivity index (χ2v) is 7.71. The number of halogens is 1. The quantitative estimate of drug-likeness (QED) is 0.560. The summed E-state index contributed by atoms with van der Waals surface area (Å²) in [4.78, 5) is 25.4. The Balaban J connectivity index is 1.90. The number of carbonyl (C=O) groups is 2. The van der Waals surface area contributed by atoms with Crippen molar-refractivity contribution in [3.63, 3.8) is 0 Å². The Kier molecular flexibility index (Phi) is 6.19. The third kappa shape index (κ3) is 4.28. The molecule has 0 fully saturated rings. The van der Waals surface area contributed by atoms with Crippen molar-refractivity contribution >= 4 is 38.7 Å². The van der Waals surface area contributed by atoms with E-state index in [1.165, 1.54) is 0 Å². The fraction of sp³-hybridized carbons (Fsp3) is 0.273. The zero-order valence-electron chi connectivity index (χ0n) is 16.1. The molecule has 1 unspecified atom stereocenters. The molecule has 0 aliphatic carbocycles. The Morgan fingerprint density at radius 1 is 1.07 bits per heavy atom. The van der Waals surface area contributed by atoms with Crippen LogP contribution in [0, 0.1) is 0 Å². The van der Waals surface area contributed by atoms with Gasteiger partial charge in [-0.05, 0) is 41.4 Å². The topological polar surface area (TPSA) is 60.3 Å². The van der Waals surface area contributed by atoms with Gasteiger partial charge < -0.3 is 14.6 Å². The predicted molar refractivity (Wildman–Crippen MR) is 113 cm³/mol. The minimum atomic E-state index is -0.482. The summed E-state index contributed by atoms with van der Waals surface area (Å²) < 4.78 is 7.87. The maximum Gasteiger partial charge on any atom is 0.308 e. The highest BCUT2D eigenvalue weighted by molar-refractivity contribution is 9.10. The third-order valence-electron chi connectivity index (χ3n) is 4.51. The highest BCUT2D eigenvalue weighted by Gasteiger charge is 2.24. The van der Waals surface area contributed by atoms with Gasteiger partial charge in [0, 0.05) is 18.0 Å². The smallest absolute Gasteiger partial charge is 0.308 e. The molecule has 1 heterocycles. The number of fused-ring (bicyclic) bond motifs is 1. The monoisotopic (exact) mass is 442 g/mol. The number of esters is 1. The lowest BCUT2D eigenvalue weighted by molar-refractivity contribution is -0.147. The summed E-state index contributed by atoms with van der Waals surface area (Å²) in [7, 11) is 1.85. The fourth-order valence-electron chi connectivity index (χ4n) is 3.24. The van der Waals surface area contributed by atoms with E-state index in [1.807, 2.05) is 66.2 Å². The Labute approximate surface area is 172 Å². The molecule has 3 aromatic rings. The third-order valence-corrected chi connectivity index (χ3v) is 5.31. The van der Waals surface area contributed by atoms with Crippen molar-refractivity contribution in [1.82, 2.24) is 9.88 Å². The summed E-state index contributed by atoms with van der Waals surface area (Å²) in [5.74, 6) is -0.600. The van der Waals surface area contributed by atoms with E-state index in [9.17, 15) is 9.59 Å². The Morgan fingerprint density at radius 2 is 1.71 bits per heavy atom. The van der Waals surface area contributed by atoms with Gasteiger partial charge >= 0.3 is 5.97 Å². The molecule has 1 aromatic heterocycles. The van der Waals surface area contributed by atoms with Gasteiger partial charge in [-0.1, -0.05) is 48.5 Å². The standard InChI is InChI=1S/C22H23BrN2O3/c1-14(2)28-19(26)13-17(15-9-5-4-6-10-15)24-22(27)21-20(23)16-11-7-8-12-18(16)25(21)3/h4-12,14,17H,13H2,1-3H3,(H,24,27). The van der Waals surface area contributed by atoms with Crippen LogP contribution in [0.5, 0.6) is 0 Å². The molecule has 1 amide bonds. The van der Waals surface area contributed by atoms with Crippen LogP contribution in [0.2, 0.25) is 0 Å². The van der Waals surface area contributed by atoms with E-state index >= 15 is 0 Å². The molecule has 1 N–H and O–H groups in total. The highest BCUT2D eigenvalue weighted by atomic mass is 79.9. The SMILES string of the molecule is CC(C)OC(=O)CC(NC(=O)c1c(Br)c2ccccc2n1C)c1ccccc1. The number of carbonyl (C=O) groups excluding carboxylic acids is 2. The van der Waals surface area contributed by atoms with Gasteiger partial charge in [0.25, 0.3) is 5.91 Å². The van der Waals surface area contributed by atoms with Gasteiger partial charge in [0.2, 0.25) is 0 Å². The largest absolute Gasteiger partial charge is 0.463 e. The van der Waals surface area contributed by atoms with Crippen LogP contribution >= 0.6 is 15.9 Å². The number of aryl methyl sites for hydroxylation is 1. The number of amides is 1. The first-order valence-corrected chi connectivity index (χ1v) is 9.96. The van der Waals surface area contributed by atoms with Crippen LogP contribution < -0.4 is 5.32 Å². The van der Waals surface area contributed by atoms with Crippen LogP contribution in [0.4, 0.5) is 0 Å². The van der Waals surface area contributed by atoms with E-state index in [0.29, 0.717) is 5.69 Å². The van der Waals surface area contributed by atoms with E-state index < -0.39 is 6.04 Å². The highest BCUT2D eigenvalue weighted by Crippen LogP contribution is 2.31. The molecule has 6 heteroatoms. The van der Waals surface area contributed by atoms with Gasteiger partial charge in [-0.15, -0.1) is 0 Å². The minimum Gasteiger partial charge on any atom is -0.463 e. The molecule has 1 atom stereocenters. The molecule has 0 bridgehead atoms. The molecule has 3 rings (SSSR count). The summed E-state index contributed by atoms with van der Waals surface area (Å²) in [6.45, 7) is 3.61. The summed E-state index contributed by atoms with van der Waals surface area (Å²) in [6, 6.07) is 16.8. The van der Waals surface area contributed by atoms with Crippen molar-refractivity contribution in [3.8, 4) is 0 Å². The average molecular weight is 443 g/mol. The predicted octanol–water partition coefficient (Wildman–Crippen LogP) is 4.75. The zero-order valence-corrected chi connectivity index (χ0v) is 17.7. The van der Waals surface area contributed by atoms with Crippen LogP contribution in [0.15, 0.2) is 59.1 Å². The number of nitrogens with zero attached hydrogens (tertiary/aromatic N) is 1. The van der Waals surface area contributed by atoms with Crippen molar-refractivity contribution in [2.75, 3.05) is 0 Å². The van der Waals surface area contributed by atoms with E-state index in [-0.39, 0.29) is 24.4 Å². The fourth-order valence-corrected chi connectivity index (χ4v) is 4.02. The lowest BCUT2D eigenvalue weighted by Gasteiger charge is -2.20. The van der Waals surface area contributed by atoms with Gasteiger partial charge in [-0.25, -0.2) is 0 Å². The van der Waals surface area contributed by atoms with Crippen LogP contribution in [0.3, 0.4) is 0 Å². The summed E-state index contributed by atoms with van der Waals surface area (Å²) in [5, 5.41) is 3.97. The van der Waals surface area contributed by atoms with Gasteiger partial charge in [0.05, 0.1) is 23.0 Å². The maximum absolute atomic E-state index is 13.1. The molecule has 2 aromatic carbocycles. The van der Waals surface area contributed by atoms with Gasteiger partial charge in [0.15, 0.2) is 0 Å². The summed E-state index contributed by atoms with van der Waals surface area (Å²) in [5.41, 5.74) is 2.32. The van der Waals surface area contributed by atoms with Crippen molar-refractivity contribution in [2.45, 2.75) is 32.4 Å². The number of rotatable bonds is 6. The van der Waals surface area contributed by atoms with Crippen LogP contribution in [-0.4, -0.2) is 22.5 Å². The minimum absolute atomic E-state index is 0.0650. The zero-order chi connectivity index (χ0) is 20.3. The molecule has 0 saturated carbocycles.